The van der Waals surface area contributed by atoms with Crippen molar-refractivity contribution in [2.45, 2.75) is 46.1 Å². The molecule has 1 fully saturated rings. The lowest BCUT2D eigenvalue weighted by Gasteiger charge is -2.32. The molecule has 1 aromatic heterocycles. The van der Waals surface area contributed by atoms with Crippen molar-refractivity contribution in [3.8, 4) is 11.4 Å². The molecule has 1 aliphatic heterocycles. The van der Waals surface area contributed by atoms with Gasteiger partial charge in [-0.15, -0.1) is 5.10 Å². The maximum atomic E-state index is 13.5. The summed E-state index contributed by atoms with van der Waals surface area (Å²) in [5.74, 6) is 0.698. The van der Waals surface area contributed by atoms with Crippen molar-refractivity contribution < 1.29 is 9.53 Å². The van der Waals surface area contributed by atoms with Gasteiger partial charge in [0, 0.05) is 30.6 Å². The Kier molecular flexibility index (Phi) is 8.21. The molecule has 4 rings (SSSR count). The van der Waals surface area contributed by atoms with Crippen LogP contribution in [-0.4, -0.2) is 57.4 Å². The molecule has 1 atom stereocenters. The van der Waals surface area contributed by atoms with Crippen molar-refractivity contribution in [1.82, 2.24) is 19.2 Å². The summed E-state index contributed by atoms with van der Waals surface area (Å²) in [5, 5.41) is 5.09. The summed E-state index contributed by atoms with van der Waals surface area (Å²) >= 11 is 6.19. The van der Waals surface area contributed by atoms with Gasteiger partial charge in [0.1, 0.15) is 11.6 Å². The normalized spacial score (nSPS) is 15.5. The van der Waals surface area contributed by atoms with Crippen molar-refractivity contribution in [1.29, 1.82) is 0 Å². The SMILES string of the molecule is CC(C)CC(=O)Cc1nn(-c2ccc(CC(C)N3CCOCC3)cc2)c(=O)n1-c1cccc(Cl)c1. The van der Waals surface area contributed by atoms with Gasteiger partial charge in [-0.3, -0.25) is 9.69 Å². The fourth-order valence-corrected chi connectivity index (χ4v) is 4.72. The highest BCUT2D eigenvalue weighted by Crippen LogP contribution is 2.18. The van der Waals surface area contributed by atoms with E-state index in [4.69, 9.17) is 16.3 Å². The van der Waals surface area contributed by atoms with E-state index in [0.717, 1.165) is 32.7 Å². The highest BCUT2D eigenvalue weighted by molar-refractivity contribution is 6.30. The van der Waals surface area contributed by atoms with Gasteiger partial charge in [-0.1, -0.05) is 43.6 Å². The number of carbonyl (C=O) groups is 1. The number of hydrogen-bond acceptors (Lipinski definition) is 5. The Bertz CT molecular complexity index is 1210. The number of carbonyl (C=O) groups excluding carboxylic acids is 1. The van der Waals surface area contributed by atoms with Crippen LogP contribution in [0.25, 0.3) is 11.4 Å². The summed E-state index contributed by atoms with van der Waals surface area (Å²) < 4.78 is 8.31. The van der Waals surface area contributed by atoms with Crippen LogP contribution in [0.4, 0.5) is 0 Å². The van der Waals surface area contributed by atoms with Crippen LogP contribution in [0, 0.1) is 5.92 Å². The lowest BCUT2D eigenvalue weighted by atomic mass is 10.1. The van der Waals surface area contributed by atoms with Gasteiger partial charge in [0.05, 0.1) is 31.0 Å². The first-order chi connectivity index (χ1) is 16.8. The van der Waals surface area contributed by atoms with Crippen molar-refractivity contribution in [3.05, 3.63) is 75.4 Å². The number of nitrogens with zero attached hydrogens (tertiary/aromatic N) is 4. The standard InChI is InChI=1S/C27H33ClN4O3/c1-19(2)15-25(33)18-26-29-32(27(34)31(26)24-6-4-5-22(28)17-24)23-9-7-21(8-10-23)16-20(3)30-11-13-35-14-12-30/h4-10,17,19-20H,11-16,18H2,1-3H3. The van der Waals surface area contributed by atoms with Crippen molar-refractivity contribution in [2.75, 3.05) is 26.3 Å². The molecule has 0 aliphatic carbocycles. The molecule has 0 radical (unpaired) electrons. The van der Waals surface area contributed by atoms with Gasteiger partial charge in [0.2, 0.25) is 0 Å². The van der Waals surface area contributed by atoms with Crippen LogP contribution in [0.15, 0.2) is 53.3 Å². The maximum Gasteiger partial charge on any atom is 0.355 e. The summed E-state index contributed by atoms with van der Waals surface area (Å²) in [6.45, 7) is 9.70. The van der Waals surface area contributed by atoms with Crippen molar-refractivity contribution in [3.63, 3.8) is 0 Å². The lowest BCUT2D eigenvalue weighted by molar-refractivity contribution is -0.119. The molecule has 0 amide bonds. The smallest absolute Gasteiger partial charge is 0.355 e. The molecule has 0 N–H and O–H groups in total. The van der Waals surface area contributed by atoms with Gasteiger partial charge in [-0.05, 0) is 55.2 Å². The molecule has 2 aromatic carbocycles. The van der Waals surface area contributed by atoms with E-state index in [-0.39, 0.29) is 23.8 Å². The molecule has 3 aromatic rings. The Balaban J connectivity index is 1.62. The molecule has 7 nitrogen and oxygen atoms in total. The first-order valence-corrected chi connectivity index (χ1v) is 12.6. The molecule has 1 unspecified atom stereocenters. The first-order valence-electron chi connectivity index (χ1n) is 12.2. The molecule has 186 valence electrons. The number of ether oxygens (including phenoxy) is 1. The third-order valence-corrected chi connectivity index (χ3v) is 6.52. The van der Waals surface area contributed by atoms with Crippen LogP contribution >= 0.6 is 11.6 Å². The van der Waals surface area contributed by atoms with Gasteiger partial charge >= 0.3 is 5.69 Å². The number of hydrogen-bond donors (Lipinski definition) is 0. The van der Waals surface area contributed by atoms with Crippen molar-refractivity contribution in [2.24, 2.45) is 5.92 Å². The van der Waals surface area contributed by atoms with Crippen LogP contribution in [-0.2, 0) is 22.4 Å². The van der Waals surface area contributed by atoms with Gasteiger partial charge in [-0.2, -0.15) is 4.68 Å². The van der Waals surface area contributed by atoms with E-state index in [1.54, 1.807) is 24.3 Å². The van der Waals surface area contributed by atoms with Gasteiger partial charge < -0.3 is 4.74 Å². The predicted molar refractivity (Wildman–Crippen MR) is 138 cm³/mol. The van der Waals surface area contributed by atoms with E-state index in [0.29, 0.717) is 34.7 Å². The minimum atomic E-state index is -0.325. The molecule has 0 spiro atoms. The number of aromatic nitrogens is 3. The average Bonchev–Trinajstić information content (AvgIpc) is 3.15. The van der Waals surface area contributed by atoms with Crippen molar-refractivity contribution >= 4 is 17.4 Å². The molecule has 1 aliphatic rings. The van der Waals surface area contributed by atoms with E-state index < -0.39 is 0 Å². The van der Waals surface area contributed by atoms with E-state index in [1.165, 1.54) is 14.8 Å². The monoisotopic (exact) mass is 496 g/mol. The summed E-state index contributed by atoms with van der Waals surface area (Å²) in [7, 11) is 0. The molecule has 35 heavy (non-hydrogen) atoms. The fourth-order valence-electron chi connectivity index (χ4n) is 4.53. The second kappa shape index (κ2) is 11.3. The average molecular weight is 497 g/mol. The predicted octanol–water partition coefficient (Wildman–Crippen LogP) is 4.10. The zero-order valence-corrected chi connectivity index (χ0v) is 21.4. The largest absolute Gasteiger partial charge is 0.379 e. The van der Waals surface area contributed by atoms with Gasteiger partial charge in [-0.25, -0.2) is 9.36 Å². The van der Waals surface area contributed by atoms with Crippen LogP contribution in [0.1, 0.15) is 38.6 Å². The Morgan fingerprint density at radius 1 is 1.06 bits per heavy atom. The molecule has 0 bridgehead atoms. The van der Waals surface area contributed by atoms with E-state index in [1.807, 2.05) is 38.1 Å². The highest BCUT2D eigenvalue weighted by Gasteiger charge is 2.20. The first kappa shape index (κ1) is 25.4. The molecule has 8 heteroatoms. The zero-order valence-electron chi connectivity index (χ0n) is 20.6. The second-order valence-corrected chi connectivity index (χ2v) is 10.0. The van der Waals surface area contributed by atoms with E-state index >= 15 is 0 Å². The molecule has 1 saturated heterocycles. The summed E-state index contributed by atoms with van der Waals surface area (Å²) in [5.41, 5.74) is 2.13. The highest BCUT2D eigenvalue weighted by atomic mass is 35.5. The Morgan fingerprint density at radius 2 is 1.77 bits per heavy atom. The molecule has 0 saturated carbocycles. The van der Waals surface area contributed by atoms with E-state index in [2.05, 4.69) is 16.9 Å². The number of ketones is 1. The summed E-state index contributed by atoms with van der Waals surface area (Å²) in [4.78, 5) is 28.5. The van der Waals surface area contributed by atoms with E-state index in [9.17, 15) is 9.59 Å². The number of halogens is 1. The minimum absolute atomic E-state index is 0.0490. The Hall–Kier alpha value is -2.74. The topological polar surface area (TPSA) is 69.4 Å². The maximum absolute atomic E-state index is 13.5. The molecular formula is C27H33ClN4O3. The van der Waals surface area contributed by atoms with Crippen LogP contribution in [0.3, 0.4) is 0 Å². The molecule has 2 heterocycles. The number of benzene rings is 2. The number of rotatable bonds is 9. The minimum Gasteiger partial charge on any atom is -0.379 e. The third kappa shape index (κ3) is 6.28. The van der Waals surface area contributed by atoms with Crippen LogP contribution in [0.2, 0.25) is 5.02 Å². The lowest BCUT2D eigenvalue weighted by Crippen LogP contribution is -2.43. The van der Waals surface area contributed by atoms with Crippen LogP contribution in [0.5, 0.6) is 0 Å². The van der Waals surface area contributed by atoms with Crippen LogP contribution < -0.4 is 5.69 Å². The number of Topliss-reactive ketones (excluding diaryl/α,β-unsaturated/α-hetero) is 1. The van der Waals surface area contributed by atoms with Gasteiger partial charge in [0.25, 0.3) is 0 Å². The number of morpholine rings is 1. The Labute approximate surface area is 211 Å². The zero-order chi connectivity index (χ0) is 24.9. The molecular weight excluding hydrogens is 464 g/mol. The fraction of sp³-hybridized carbons (Fsp3) is 0.444. The van der Waals surface area contributed by atoms with Gasteiger partial charge in [0.15, 0.2) is 0 Å². The Morgan fingerprint density at radius 3 is 2.43 bits per heavy atom. The second-order valence-electron chi connectivity index (χ2n) is 9.61. The summed E-state index contributed by atoms with van der Waals surface area (Å²) in [6.07, 6.45) is 1.44. The quantitative estimate of drug-likeness (QED) is 0.446. The summed E-state index contributed by atoms with van der Waals surface area (Å²) in [6, 6.07) is 15.4. The third-order valence-electron chi connectivity index (χ3n) is 6.28.